The quantitative estimate of drug-likeness (QED) is 0.439. The summed E-state index contributed by atoms with van der Waals surface area (Å²) in [6, 6.07) is 18.7. The summed E-state index contributed by atoms with van der Waals surface area (Å²) < 4.78 is 16.1. The van der Waals surface area contributed by atoms with E-state index in [1.807, 2.05) is 66.7 Å². The summed E-state index contributed by atoms with van der Waals surface area (Å²) >= 11 is 5.77. The van der Waals surface area contributed by atoms with Gasteiger partial charge in [-0.3, -0.25) is 4.98 Å². The van der Waals surface area contributed by atoms with Crippen LogP contribution in [0.1, 0.15) is 34.6 Å². The van der Waals surface area contributed by atoms with Crippen LogP contribution in [0.4, 0.5) is 10.1 Å². The smallest absolute Gasteiger partial charge is 0.174 e. The Balaban J connectivity index is 1.67. The Morgan fingerprint density at radius 3 is 2.59 bits per heavy atom. The van der Waals surface area contributed by atoms with Crippen LogP contribution in [0.5, 0.6) is 0 Å². The second kappa shape index (κ2) is 8.16. The second-order valence-corrected chi connectivity index (χ2v) is 8.31. The maximum absolute atomic E-state index is 14.0. The zero-order chi connectivity index (χ0) is 22.2. The van der Waals surface area contributed by atoms with E-state index in [-0.39, 0.29) is 17.9 Å². The molecule has 160 valence electrons. The molecule has 1 fully saturated rings. The van der Waals surface area contributed by atoms with Crippen molar-refractivity contribution in [3.63, 3.8) is 0 Å². The molecule has 1 aliphatic heterocycles. The van der Waals surface area contributed by atoms with Gasteiger partial charge in [-0.15, -0.1) is 0 Å². The van der Waals surface area contributed by atoms with E-state index < -0.39 is 0 Å². The number of thiocarbonyl (C=S) groups is 1. The highest BCUT2D eigenvalue weighted by Crippen LogP contribution is 2.42. The third-order valence-electron chi connectivity index (χ3n) is 5.74. The summed E-state index contributed by atoms with van der Waals surface area (Å²) in [6.07, 6.45) is 5.63. The summed E-state index contributed by atoms with van der Waals surface area (Å²) in [7, 11) is 0. The van der Waals surface area contributed by atoms with Crippen molar-refractivity contribution in [1.82, 2.24) is 19.9 Å². The molecule has 5 nitrogen and oxygen atoms in total. The van der Waals surface area contributed by atoms with E-state index in [2.05, 4.69) is 25.9 Å². The van der Waals surface area contributed by atoms with Gasteiger partial charge >= 0.3 is 0 Å². The first-order valence-corrected chi connectivity index (χ1v) is 10.8. The largest absolute Gasteiger partial charge is 0.351 e. The lowest BCUT2D eigenvalue weighted by Gasteiger charge is -2.29. The number of hydrogen-bond acceptors (Lipinski definition) is 3. The highest BCUT2D eigenvalue weighted by Gasteiger charge is 2.42. The number of aryl methyl sites for hydroxylation is 2. The molecule has 0 radical (unpaired) electrons. The minimum Gasteiger partial charge on any atom is -0.351 e. The Morgan fingerprint density at radius 1 is 1.00 bits per heavy atom. The van der Waals surface area contributed by atoms with Crippen molar-refractivity contribution >= 4 is 23.0 Å². The van der Waals surface area contributed by atoms with Gasteiger partial charge in [-0.25, -0.2) is 9.37 Å². The molecule has 2 atom stereocenters. The summed E-state index contributed by atoms with van der Waals surface area (Å²) in [6.45, 7) is 3.78. The molecule has 0 saturated carbocycles. The standard InChI is InChI=1S/C25H22FN5S/c1-16-8-11-22(28-15-16)30-13-5-7-21(30)24-23(20-6-3-4-12-27-20)29-25(32)31(24)18-9-10-19(26)17(2)14-18/h3-15,23-24H,1-2H3,(H,29,32)/t23-,24+/m1/s1. The highest BCUT2D eigenvalue weighted by molar-refractivity contribution is 7.80. The van der Waals surface area contributed by atoms with Crippen molar-refractivity contribution in [2.75, 3.05) is 4.90 Å². The van der Waals surface area contributed by atoms with E-state index in [1.54, 1.807) is 19.2 Å². The van der Waals surface area contributed by atoms with Crippen LogP contribution in [0.2, 0.25) is 0 Å². The maximum atomic E-state index is 14.0. The molecule has 0 unspecified atom stereocenters. The first-order valence-electron chi connectivity index (χ1n) is 10.4. The van der Waals surface area contributed by atoms with E-state index in [9.17, 15) is 4.39 Å². The Morgan fingerprint density at radius 2 is 1.88 bits per heavy atom. The summed E-state index contributed by atoms with van der Waals surface area (Å²) in [5.41, 5.74) is 4.38. The number of aromatic nitrogens is 3. The topological polar surface area (TPSA) is 46.0 Å². The van der Waals surface area contributed by atoms with Gasteiger partial charge in [0.25, 0.3) is 0 Å². The molecule has 0 aliphatic carbocycles. The van der Waals surface area contributed by atoms with Crippen LogP contribution in [0, 0.1) is 19.7 Å². The number of nitrogens with one attached hydrogen (secondary N) is 1. The number of pyridine rings is 2. The van der Waals surface area contributed by atoms with Crippen LogP contribution < -0.4 is 10.2 Å². The number of hydrogen-bond donors (Lipinski definition) is 1. The van der Waals surface area contributed by atoms with Crippen molar-refractivity contribution in [3.8, 4) is 5.82 Å². The fourth-order valence-electron chi connectivity index (χ4n) is 4.16. The van der Waals surface area contributed by atoms with Crippen LogP contribution in [0.25, 0.3) is 5.82 Å². The van der Waals surface area contributed by atoms with Crippen molar-refractivity contribution in [2.45, 2.75) is 25.9 Å². The van der Waals surface area contributed by atoms with Crippen LogP contribution in [-0.4, -0.2) is 19.6 Å². The predicted molar refractivity (Wildman–Crippen MR) is 127 cm³/mol. The SMILES string of the molecule is Cc1ccc(-n2cccc2[C@H]2[C@@H](c3ccccn3)NC(=S)N2c2ccc(F)c(C)c2)nc1. The van der Waals surface area contributed by atoms with Gasteiger partial charge in [0, 0.05) is 30.0 Å². The van der Waals surface area contributed by atoms with Crippen molar-refractivity contribution in [2.24, 2.45) is 0 Å². The van der Waals surface area contributed by atoms with Crippen LogP contribution in [0.15, 0.2) is 79.3 Å². The van der Waals surface area contributed by atoms with E-state index in [4.69, 9.17) is 12.2 Å². The molecular formula is C25H22FN5S. The zero-order valence-electron chi connectivity index (χ0n) is 17.7. The van der Waals surface area contributed by atoms with E-state index in [1.165, 1.54) is 6.07 Å². The van der Waals surface area contributed by atoms with Gasteiger partial charge in [0.15, 0.2) is 5.11 Å². The number of anilines is 1. The minimum absolute atomic E-state index is 0.187. The molecule has 1 aromatic carbocycles. The van der Waals surface area contributed by atoms with Crippen LogP contribution >= 0.6 is 12.2 Å². The molecule has 0 amide bonds. The van der Waals surface area contributed by atoms with E-state index in [0.717, 1.165) is 28.5 Å². The first-order chi connectivity index (χ1) is 15.5. The van der Waals surface area contributed by atoms with Gasteiger partial charge in [-0.05, 0) is 85.7 Å². The summed E-state index contributed by atoms with van der Waals surface area (Å²) in [5.74, 6) is 0.584. The molecule has 0 spiro atoms. The van der Waals surface area contributed by atoms with Crippen molar-refractivity contribution in [1.29, 1.82) is 0 Å². The molecule has 1 N–H and O–H groups in total. The first kappa shape index (κ1) is 20.3. The molecule has 32 heavy (non-hydrogen) atoms. The molecule has 0 bridgehead atoms. The number of nitrogens with zero attached hydrogens (tertiary/aromatic N) is 4. The Labute approximate surface area is 191 Å². The fraction of sp³-hybridized carbons (Fsp3) is 0.160. The average Bonchev–Trinajstić information content (AvgIpc) is 3.41. The van der Waals surface area contributed by atoms with Gasteiger partial charge in [0.1, 0.15) is 17.7 Å². The lowest BCUT2D eigenvalue weighted by molar-refractivity contribution is 0.548. The zero-order valence-corrected chi connectivity index (χ0v) is 18.6. The van der Waals surface area contributed by atoms with Gasteiger partial charge in [-0.2, -0.15) is 0 Å². The van der Waals surface area contributed by atoms with Crippen LogP contribution in [0.3, 0.4) is 0 Å². The Kier molecular flexibility index (Phi) is 5.19. The minimum atomic E-state index is -0.239. The van der Waals surface area contributed by atoms with Gasteiger partial charge in [0.2, 0.25) is 0 Å². The maximum Gasteiger partial charge on any atom is 0.174 e. The molecule has 5 rings (SSSR count). The fourth-order valence-corrected chi connectivity index (χ4v) is 4.50. The van der Waals surface area contributed by atoms with E-state index in [0.29, 0.717) is 10.7 Å². The van der Waals surface area contributed by atoms with Gasteiger partial charge in [-0.1, -0.05) is 12.1 Å². The number of benzene rings is 1. The lowest BCUT2D eigenvalue weighted by atomic mass is 10.0. The average molecular weight is 444 g/mol. The van der Waals surface area contributed by atoms with Gasteiger partial charge < -0.3 is 14.8 Å². The normalized spacial score (nSPS) is 18.1. The molecule has 1 aliphatic rings. The lowest BCUT2D eigenvalue weighted by Crippen LogP contribution is -2.30. The summed E-state index contributed by atoms with van der Waals surface area (Å²) in [5, 5.41) is 4.02. The molecule has 4 heterocycles. The van der Waals surface area contributed by atoms with Gasteiger partial charge in [0.05, 0.1) is 11.7 Å². The Hall–Kier alpha value is -3.58. The number of rotatable bonds is 4. The van der Waals surface area contributed by atoms with Crippen molar-refractivity contribution < 1.29 is 4.39 Å². The highest BCUT2D eigenvalue weighted by atomic mass is 32.1. The Bertz CT molecular complexity index is 1270. The third kappa shape index (κ3) is 3.54. The number of halogens is 1. The second-order valence-electron chi connectivity index (χ2n) is 7.93. The molecule has 4 aromatic rings. The predicted octanol–water partition coefficient (Wildman–Crippen LogP) is 5.20. The van der Waals surface area contributed by atoms with E-state index >= 15 is 0 Å². The van der Waals surface area contributed by atoms with Crippen LogP contribution in [-0.2, 0) is 0 Å². The molecule has 7 heteroatoms. The molecule has 3 aromatic heterocycles. The molecular weight excluding hydrogens is 421 g/mol. The third-order valence-corrected chi connectivity index (χ3v) is 6.06. The monoisotopic (exact) mass is 443 g/mol. The molecule has 1 saturated heterocycles. The van der Waals surface area contributed by atoms with Crippen molar-refractivity contribution in [3.05, 3.63) is 108 Å². The summed E-state index contributed by atoms with van der Waals surface area (Å²) in [4.78, 5) is 11.3.